The third-order valence-corrected chi connectivity index (χ3v) is 5.09. The molecule has 0 aliphatic heterocycles. The zero-order chi connectivity index (χ0) is 17.7. The van der Waals surface area contributed by atoms with Crippen LogP contribution in [0.5, 0.6) is 5.75 Å². The van der Waals surface area contributed by atoms with E-state index in [0.717, 1.165) is 9.71 Å². The van der Waals surface area contributed by atoms with Gasteiger partial charge in [-0.05, 0) is 41.5 Å². The molecule has 0 aliphatic rings. The molecular weight excluding hydrogens is 353 g/mol. The summed E-state index contributed by atoms with van der Waals surface area (Å²) in [5, 5.41) is 1.68. The third kappa shape index (κ3) is 4.80. The second-order valence-electron chi connectivity index (χ2n) is 5.12. The first-order valence-electron chi connectivity index (χ1n) is 7.04. The third-order valence-electron chi connectivity index (χ3n) is 3.36. The molecule has 0 bridgehead atoms. The van der Waals surface area contributed by atoms with Crippen molar-refractivity contribution in [2.75, 3.05) is 14.2 Å². The number of sulfonamides is 1. The fraction of sp³-hybridized carbons (Fsp3) is 0.176. The Bertz CT molecular complexity index is 835. The molecule has 0 heterocycles. The number of halogens is 2. The molecule has 24 heavy (non-hydrogen) atoms. The summed E-state index contributed by atoms with van der Waals surface area (Å²) < 4.78 is 44.2. The Kier molecular flexibility index (Phi) is 5.99. The summed E-state index contributed by atoms with van der Waals surface area (Å²) in [6.45, 7) is 0.0498. The van der Waals surface area contributed by atoms with Crippen LogP contribution in [-0.2, 0) is 16.6 Å². The van der Waals surface area contributed by atoms with Gasteiger partial charge in [-0.15, -0.1) is 0 Å². The van der Waals surface area contributed by atoms with Gasteiger partial charge in [0.15, 0.2) is 11.6 Å². The van der Waals surface area contributed by atoms with E-state index >= 15 is 0 Å². The summed E-state index contributed by atoms with van der Waals surface area (Å²) in [5.41, 5.74) is 1.24. The molecule has 0 fully saturated rings. The van der Waals surface area contributed by atoms with Gasteiger partial charge in [0.2, 0.25) is 10.0 Å². The molecule has 128 valence electrons. The monoisotopic (exact) mass is 369 g/mol. The van der Waals surface area contributed by atoms with Crippen LogP contribution in [0.2, 0.25) is 5.02 Å². The molecule has 0 atom stereocenters. The average molecular weight is 370 g/mol. The number of hydrogen-bond acceptors (Lipinski definition) is 3. The molecule has 0 aliphatic carbocycles. The summed E-state index contributed by atoms with van der Waals surface area (Å²) in [4.78, 5) is 0. The van der Waals surface area contributed by atoms with Crippen LogP contribution in [0.15, 0.2) is 47.9 Å². The lowest BCUT2D eigenvalue weighted by molar-refractivity contribution is 0.385. The predicted molar refractivity (Wildman–Crippen MR) is 93.8 cm³/mol. The molecule has 0 unspecified atom stereocenters. The Labute approximate surface area is 146 Å². The van der Waals surface area contributed by atoms with Crippen molar-refractivity contribution < 1.29 is 17.5 Å². The summed E-state index contributed by atoms with van der Waals surface area (Å²) in [6, 6.07) is 11.1. The SMILES string of the molecule is COc1ccc(CN(C)S(=O)(=O)C=Cc2ccc(Cl)cc2)cc1F. The quantitative estimate of drug-likeness (QED) is 0.775. The lowest BCUT2D eigenvalue weighted by Gasteiger charge is -2.15. The molecule has 2 aromatic rings. The number of methoxy groups -OCH3 is 1. The van der Waals surface area contributed by atoms with Crippen molar-refractivity contribution in [3.8, 4) is 5.75 Å². The van der Waals surface area contributed by atoms with E-state index < -0.39 is 15.8 Å². The van der Waals surface area contributed by atoms with Crippen molar-refractivity contribution in [2.45, 2.75) is 6.54 Å². The van der Waals surface area contributed by atoms with Crippen molar-refractivity contribution in [1.29, 1.82) is 0 Å². The van der Waals surface area contributed by atoms with E-state index in [9.17, 15) is 12.8 Å². The highest BCUT2D eigenvalue weighted by molar-refractivity contribution is 7.92. The number of rotatable bonds is 6. The van der Waals surface area contributed by atoms with E-state index in [2.05, 4.69) is 0 Å². The second-order valence-corrected chi connectivity index (χ2v) is 7.49. The van der Waals surface area contributed by atoms with E-state index in [0.29, 0.717) is 16.1 Å². The van der Waals surface area contributed by atoms with Crippen LogP contribution < -0.4 is 4.74 Å². The highest BCUT2D eigenvalue weighted by Gasteiger charge is 2.15. The van der Waals surface area contributed by atoms with Crippen LogP contribution in [-0.4, -0.2) is 26.9 Å². The highest BCUT2D eigenvalue weighted by atomic mass is 35.5. The first-order valence-corrected chi connectivity index (χ1v) is 8.92. The van der Waals surface area contributed by atoms with Crippen LogP contribution in [0, 0.1) is 5.82 Å². The number of ether oxygens (including phenoxy) is 1. The maximum atomic E-state index is 13.7. The van der Waals surface area contributed by atoms with Crippen molar-refractivity contribution in [3.63, 3.8) is 0 Å². The standard InChI is InChI=1S/C17H17ClFNO3S/c1-20(12-14-5-8-17(23-2)16(19)11-14)24(21,22)10-9-13-3-6-15(18)7-4-13/h3-11H,12H2,1-2H3. The topological polar surface area (TPSA) is 46.6 Å². The van der Waals surface area contributed by atoms with Crippen molar-refractivity contribution in [1.82, 2.24) is 4.31 Å². The average Bonchev–Trinajstić information content (AvgIpc) is 2.54. The minimum absolute atomic E-state index is 0.0498. The fourth-order valence-electron chi connectivity index (χ4n) is 2.00. The minimum atomic E-state index is -3.63. The second kappa shape index (κ2) is 7.79. The normalized spacial score (nSPS) is 12.0. The molecule has 0 N–H and O–H groups in total. The molecule has 0 amide bonds. The van der Waals surface area contributed by atoms with Crippen LogP contribution >= 0.6 is 11.6 Å². The van der Waals surface area contributed by atoms with Crippen molar-refractivity contribution in [3.05, 3.63) is 69.8 Å². The van der Waals surface area contributed by atoms with Gasteiger partial charge in [-0.3, -0.25) is 0 Å². The fourth-order valence-corrected chi connectivity index (χ4v) is 2.99. The first kappa shape index (κ1) is 18.4. The Morgan fingerprint density at radius 2 is 1.88 bits per heavy atom. The zero-order valence-corrected chi connectivity index (χ0v) is 14.8. The van der Waals surface area contributed by atoms with Gasteiger partial charge in [-0.1, -0.05) is 29.8 Å². The van der Waals surface area contributed by atoms with E-state index in [1.165, 1.54) is 32.4 Å². The smallest absolute Gasteiger partial charge is 0.236 e. The summed E-state index contributed by atoms with van der Waals surface area (Å²) in [5.74, 6) is -0.413. The molecular formula is C17H17ClFNO3S. The van der Waals surface area contributed by atoms with Gasteiger partial charge in [0.1, 0.15) is 0 Å². The number of nitrogens with zero attached hydrogens (tertiary/aromatic N) is 1. The van der Waals surface area contributed by atoms with Crippen molar-refractivity contribution in [2.24, 2.45) is 0 Å². The zero-order valence-electron chi connectivity index (χ0n) is 13.2. The van der Waals surface area contributed by atoms with Crippen LogP contribution in [0.25, 0.3) is 6.08 Å². The maximum Gasteiger partial charge on any atom is 0.236 e. The molecule has 0 saturated carbocycles. The molecule has 0 saturated heterocycles. The van der Waals surface area contributed by atoms with Crippen molar-refractivity contribution >= 4 is 27.7 Å². The maximum absolute atomic E-state index is 13.7. The molecule has 7 heteroatoms. The van der Waals surface area contributed by atoms with Gasteiger partial charge in [0.25, 0.3) is 0 Å². The van der Waals surface area contributed by atoms with Gasteiger partial charge in [0.05, 0.1) is 7.11 Å². The molecule has 0 spiro atoms. The first-order chi connectivity index (χ1) is 11.3. The van der Waals surface area contributed by atoms with Gasteiger partial charge < -0.3 is 4.74 Å². The lowest BCUT2D eigenvalue weighted by atomic mass is 10.2. The van der Waals surface area contributed by atoms with Gasteiger partial charge in [-0.2, -0.15) is 4.31 Å². The minimum Gasteiger partial charge on any atom is -0.494 e. The van der Waals surface area contributed by atoms with E-state index in [4.69, 9.17) is 16.3 Å². The summed E-state index contributed by atoms with van der Waals surface area (Å²) in [6.07, 6.45) is 1.48. The summed E-state index contributed by atoms with van der Waals surface area (Å²) >= 11 is 5.79. The lowest BCUT2D eigenvalue weighted by Crippen LogP contribution is -2.24. The number of benzene rings is 2. The van der Waals surface area contributed by atoms with E-state index in [1.807, 2.05) is 0 Å². The molecule has 2 rings (SSSR count). The van der Waals surface area contributed by atoms with Gasteiger partial charge in [-0.25, -0.2) is 12.8 Å². The van der Waals surface area contributed by atoms with Crippen LogP contribution in [0.4, 0.5) is 4.39 Å². The van der Waals surface area contributed by atoms with E-state index in [-0.39, 0.29) is 12.3 Å². The Balaban J connectivity index is 2.11. The Hall–Kier alpha value is -1.89. The van der Waals surface area contributed by atoms with Crippen LogP contribution in [0.3, 0.4) is 0 Å². The Morgan fingerprint density at radius 1 is 1.21 bits per heavy atom. The van der Waals surface area contributed by atoms with Gasteiger partial charge in [0, 0.05) is 24.0 Å². The summed E-state index contributed by atoms with van der Waals surface area (Å²) in [7, 11) is -0.824. The Morgan fingerprint density at radius 3 is 2.46 bits per heavy atom. The van der Waals surface area contributed by atoms with Crippen LogP contribution in [0.1, 0.15) is 11.1 Å². The number of hydrogen-bond donors (Lipinski definition) is 0. The molecule has 0 radical (unpaired) electrons. The molecule has 2 aromatic carbocycles. The molecule has 0 aromatic heterocycles. The van der Waals surface area contributed by atoms with E-state index in [1.54, 1.807) is 30.3 Å². The highest BCUT2D eigenvalue weighted by Crippen LogP contribution is 2.19. The predicted octanol–water partition coefficient (Wildman–Crippen LogP) is 3.92. The largest absolute Gasteiger partial charge is 0.494 e. The molecule has 4 nitrogen and oxygen atoms in total. The van der Waals surface area contributed by atoms with Gasteiger partial charge >= 0.3 is 0 Å².